The van der Waals surface area contributed by atoms with Gasteiger partial charge in [0.05, 0.1) is 18.8 Å². The van der Waals surface area contributed by atoms with E-state index in [4.69, 9.17) is 4.98 Å². The molecule has 5 heteroatoms. The molecular weight excluding hydrogens is 306 g/mol. The number of hydrogen-bond donors (Lipinski definition) is 1. The van der Waals surface area contributed by atoms with Crippen LogP contribution in [0.3, 0.4) is 0 Å². The topological polar surface area (TPSA) is 49.2 Å². The van der Waals surface area contributed by atoms with Crippen LogP contribution in [0, 0.1) is 0 Å². The van der Waals surface area contributed by atoms with Crippen LogP contribution in [0.5, 0.6) is 0 Å². The Morgan fingerprint density at radius 2 is 1.91 bits per heavy atom. The highest BCUT2D eigenvalue weighted by Gasteiger charge is 2.10. The van der Waals surface area contributed by atoms with Crippen molar-refractivity contribution in [3.63, 3.8) is 0 Å². The van der Waals surface area contributed by atoms with E-state index in [1.165, 1.54) is 0 Å². The standard InChI is InChI=1S/C18H19N3OS/c22-10-9-21(12-15-5-4-8-19-11-15)13-18-20-17(14-23-18)16-6-2-1-3-7-16/h1-8,11,14,22H,9-10,12-13H2. The highest BCUT2D eigenvalue weighted by atomic mass is 32.1. The molecule has 4 nitrogen and oxygen atoms in total. The van der Waals surface area contributed by atoms with Crippen LogP contribution in [0.1, 0.15) is 10.6 Å². The number of rotatable bonds is 7. The summed E-state index contributed by atoms with van der Waals surface area (Å²) in [4.78, 5) is 11.1. The molecule has 0 aliphatic rings. The van der Waals surface area contributed by atoms with Crippen LogP contribution in [-0.2, 0) is 13.1 Å². The Kier molecular flexibility index (Phi) is 5.47. The molecule has 2 aromatic heterocycles. The van der Waals surface area contributed by atoms with Crippen LogP contribution in [0.2, 0.25) is 0 Å². The fourth-order valence-corrected chi connectivity index (χ4v) is 3.27. The zero-order valence-electron chi connectivity index (χ0n) is 12.8. The number of benzene rings is 1. The maximum Gasteiger partial charge on any atom is 0.107 e. The first-order chi connectivity index (χ1) is 11.3. The fraction of sp³-hybridized carbons (Fsp3) is 0.222. The zero-order valence-corrected chi connectivity index (χ0v) is 13.6. The van der Waals surface area contributed by atoms with Gasteiger partial charge in [-0.25, -0.2) is 4.98 Å². The van der Waals surface area contributed by atoms with Gasteiger partial charge in [0.25, 0.3) is 0 Å². The van der Waals surface area contributed by atoms with Crippen LogP contribution in [0.4, 0.5) is 0 Å². The molecule has 0 unspecified atom stereocenters. The fourth-order valence-electron chi connectivity index (χ4n) is 2.42. The van der Waals surface area contributed by atoms with Crippen molar-refractivity contribution >= 4 is 11.3 Å². The molecular formula is C18H19N3OS. The Labute approximate surface area is 140 Å². The van der Waals surface area contributed by atoms with E-state index in [2.05, 4.69) is 33.5 Å². The first-order valence-electron chi connectivity index (χ1n) is 7.57. The molecule has 0 amide bonds. The molecule has 2 heterocycles. The van der Waals surface area contributed by atoms with E-state index in [9.17, 15) is 5.11 Å². The summed E-state index contributed by atoms with van der Waals surface area (Å²) in [5.74, 6) is 0. The number of nitrogens with zero attached hydrogens (tertiary/aromatic N) is 3. The van der Waals surface area contributed by atoms with Crippen LogP contribution in [0.15, 0.2) is 60.2 Å². The predicted octanol–water partition coefficient (Wildman–Crippen LogP) is 3.20. The number of aromatic nitrogens is 2. The van der Waals surface area contributed by atoms with Gasteiger partial charge in [-0.3, -0.25) is 9.88 Å². The molecule has 1 aromatic carbocycles. The third-order valence-electron chi connectivity index (χ3n) is 3.53. The van der Waals surface area contributed by atoms with Crippen molar-refractivity contribution in [2.45, 2.75) is 13.1 Å². The van der Waals surface area contributed by atoms with Gasteiger partial charge in [-0.05, 0) is 11.6 Å². The Hall–Kier alpha value is -2.08. The molecule has 0 saturated heterocycles. The summed E-state index contributed by atoms with van der Waals surface area (Å²) in [7, 11) is 0. The average molecular weight is 325 g/mol. The van der Waals surface area contributed by atoms with E-state index >= 15 is 0 Å². The van der Waals surface area contributed by atoms with Gasteiger partial charge in [0, 0.05) is 36.4 Å². The van der Waals surface area contributed by atoms with Crippen molar-refractivity contribution in [2.75, 3.05) is 13.2 Å². The van der Waals surface area contributed by atoms with Crippen LogP contribution in [-0.4, -0.2) is 33.1 Å². The predicted molar refractivity (Wildman–Crippen MR) is 93.0 cm³/mol. The Morgan fingerprint density at radius 1 is 1.04 bits per heavy atom. The molecule has 0 fully saturated rings. The quantitative estimate of drug-likeness (QED) is 0.725. The smallest absolute Gasteiger partial charge is 0.107 e. The molecule has 0 spiro atoms. The first-order valence-corrected chi connectivity index (χ1v) is 8.45. The molecule has 0 aliphatic heterocycles. The van der Waals surface area contributed by atoms with Gasteiger partial charge in [-0.2, -0.15) is 0 Å². The third-order valence-corrected chi connectivity index (χ3v) is 4.36. The highest BCUT2D eigenvalue weighted by molar-refractivity contribution is 7.09. The maximum absolute atomic E-state index is 9.30. The Bertz CT molecular complexity index is 715. The number of pyridine rings is 1. The highest BCUT2D eigenvalue weighted by Crippen LogP contribution is 2.22. The molecule has 0 atom stereocenters. The number of hydrogen-bond acceptors (Lipinski definition) is 5. The van der Waals surface area contributed by atoms with Gasteiger partial charge < -0.3 is 5.11 Å². The van der Waals surface area contributed by atoms with E-state index in [1.807, 2.05) is 30.5 Å². The molecule has 3 aromatic rings. The SMILES string of the molecule is OCCN(Cc1cccnc1)Cc1nc(-c2ccccc2)cs1. The van der Waals surface area contributed by atoms with Gasteiger partial charge in [0.15, 0.2) is 0 Å². The minimum Gasteiger partial charge on any atom is -0.395 e. The summed E-state index contributed by atoms with van der Waals surface area (Å²) >= 11 is 1.66. The van der Waals surface area contributed by atoms with Crippen molar-refractivity contribution in [3.05, 3.63) is 70.8 Å². The molecule has 3 rings (SSSR count). The Morgan fingerprint density at radius 3 is 2.65 bits per heavy atom. The number of aliphatic hydroxyl groups is 1. The lowest BCUT2D eigenvalue weighted by atomic mass is 10.2. The van der Waals surface area contributed by atoms with Gasteiger partial charge in [0.2, 0.25) is 0 Å². The molecule has 1 N–H and O–H groups in total. The van der Waals surface area contributed by atoms with Crippen LogP contribution < -0.4 is 0 Å². The molecule has 0 radical (unpaired) electrons. The minimum absolute atomic E-state index is 0.136. The number of thiazole rings is 1. The molecule has 118 valence electrons. The molecule has 0 bridgehead atoms. The van der Waals surface area contributed by atoms with Crippen molar-refractivity contribution in [3.8, 4) is 11.3 Å². The van der Waals surface area contributed by atoms with E-state index in [-0.39, 0.29) is 6.61 Å². The molecule has 0 aliphatic carbocycles. The molecule has 0 saturated carbocycles. The largest absolute Gasteiger partial charge is 0.395 e. The van der Waals surface area contributed by atoms with E-state index < -0.39 is 0 Å². The van der Waals surface area contributed by atoms with Crippen LogP contribution >= 0.6 is 11.3 Å². The average Bonchev–Trinajstić information content (AvgIpc) is 3.05. The summed E-state index contributed by atoms with van der Waals surface area (Å²) in [5.41, 5.74) is 3.28. The second kappa shape index (κ2) is 7.97. The van der Waals surface area contributed by atoms with Crippen molar-refractivity contribution in [1.82, 2.24) is 14.9 Å². The van der Waals surface area contributed by atoms with E-state index in [0.29, 0.717) is 6.54 Å². The molecule has 23 heavy (non-hydrogen) atoms. The van der Waals surface area contributed by atoms with E-state index in [1.54, 1.807) is 17.5 Å². The van der Waals surface area contributed by atoms with E-state index in [0.717, 1.165) is 34.9 Å². The summed E-state index contributed by atoms with van der Waals surface area (Å²) < 4.78 is 0. The van der Waals surface area contributed by atoms with Crippen molar-refractivity contribution in [2.24, 2.45) is 0 Å². The summed E-state index contributed by atoms with van der Waals surface area (Å²) in [6.07, 6.45) is 3.63. The van der Waals surface area contributed by atoms with Gasteiger partial charge in [-0.1, -0.05) is 36.4 Å². The zero-order chi connectivity index (χ0) is 15.9. The van der Waals surface area contributed by atoms with Crippen LogP contribution in [0.25, 0.3) is 11.3 Å². The Balaban J connectivity index is 1.69. The lowest BCUT2D eigenvalue weighted by molar-refractivity contribution is 0.184. The summed E-state index contributed by atoms with van der Waals surface area (Å²) in [6.45, 7) is 2.24. The lowest BCUT2D eigenvalue weighted by Crippen LogP contribution is -2.26. The van der Waals surface area contributed by atoms with Crippen molar-refractivity contribution < 1.29 is 5.11 Å². The minimum atomic E-state index is 0.136. The lowest BCUT2D eigenvalue weighted by Gasteiger charge is -2.19. The van der Waals surface area contributed by atoms with Crippen molar-refractivity contribution in [1.29, 1.82) is 0 Å². The third kappa shape index (κ3) is 4.45. The first kappa shape index (κ1) is 15.8. The second-order valence-corrected chi connectivity index (χ2v) is 6.23. The summed E-state index contributed by atoms with van der Waals surface area (Å²) in [6, 6.07) is 14.2. The van der Waals surface area contributed by atoms with Gasteiger partial charge in [-0.15, -0.1) is 11.3 Å². The number of aliphatic hydroxyl groups excluding tert-OH is 1. The van der Waals surface area contributed by atoms with Gasteiger partial charge in [0.1, 0.15) is 5.01 Å². The second-order valence-electron chi connectivity index (χ2n) is 5.29. The monoisotopic (exact) mass is 325 g/mol. The normalized spacial score (nSPS) is 11.0. The summed E-state index contributed by atoms with van der Waals surface area (Å²) in [5, 5.41) is 12.4. The van der Waals surface area contributed by atoms with Gasteiger partial charge >= 0.3 is 0 Å². The maximum atomic E-state index is 9.30.